The van der Waals surface area contributed by atoms with Crippen molar-refractivity contribution in [2.75, 3.05) is 25.0 Å². The molecule has 0 saturated carbocycles. The minimum absolute atomic E-state index is 0.0480. The van der Waals surface area contributed by atoms with Crippen molar-refractivity contribution in [3.8, 4) is 11.1 Å². The van der Waals surface area contributed by atoms with Crippen molar-refractivity contribution in [2.45, 2.75) is 38.6 Å². The third-order valence-electron chi connectivity index (χ3n) is 7.46. The first-order chi connectivity index (χ1) is 17.3. The summed E-state index contributed by atoms with van der Waals surface area (Å²) in [6.07, 6.45) is 0.966. The highest BCUT2D eigenvalue weighted by Crippen LogP contribution is 2.32. The van der Waals surface area contributed by atoms with E-state index >= 15 is 0 Å². The van der Waals surface area contributed by atoms with E-state index in [1.54, 1.807) is 15.9 Å². The number of piperazine rings is 1. The van der Waals surface area contributed by atoms with Gasteiger partial charge in [-0.2, -0.15) is 0 Å². The van der Waals surface area contributed by atoms with E-state index in [1.807, 2.05) is 56.3 Å². The van der Waals surface area contributed by atoms with Gasteiger partial charge in [0.15, 0.2) is 0 Å². The fourth-order valence-electron chi connectivity index (χ4n) is 5.12. The van der Waals surface area contributed by atoms with Gasteiger partial charge in [0.1, 0.15) is 6.04 Å². The molecule has 0 aromatic heterocycles. The molecule has 0 bridgehead atoms. The van der Waals surface area contributed by atoms with Crippen LogP contribution in [-0.4, -0.2) is 53.2 Å². The minimum atomic E-state index is -0.736. The maximum absolute atomic E-state index is 13.6. The lowest BCUT2D eigenvalue weighted by Crippen LogP contribution is -2.61. The SMILES string of the molecule is CCc1ccc(-c2ccc3c(c2)C(=O)N2CCN(C(=O)C(C)(C)c4ccccc4)CC2C(=O)N3)cc1. The van der Waals surface area contributed by atoms with Crippen molar-refractivity contribution in [3.05, 3.63) is 89.5 Å². The molecule has 1 N–H and O–H groups in total. The van der Waals surface area contributed by atoms with Crippen LogP contribution in [0.4, 0.5) is 5.69 Å². The topological polar surface area (TPSA) is 69.7 Å². The molecule has 2 aliphatic rings. The Kier molecular flexibility index (Phi) is 6.12. The molecule has 6 heteroatoms. The van der Waals surface area contributed by atoms with Crippen LogP contribution >= 0.6 is 0 Å². The standard InChI is InChI=1S/C30H31N3O3/c1-4-20-10-12-21(13-11-20)22-14-15-25-24(18-22)28(35)33-17-16-32(19-26(33)27(34)31-25)29(36)30(2,3)23-8-6-5-7-9-23/h5-15,18,26H,4,16-17,19H2,1-3H3,(H,31,34). The summed E-state index contributed by atoms with van der Waals surface area (Å²) in [4.78, 5) is 43.7. The predicted molar refractivity (Wildman–Crippen MR) is 141 cm³/mol. The summed E-state index contributed by atoms with van der Waals surface area (Å²) in [6, 6.07) is 22.8. The molecule has 3 aromatic rings. The van der Waals surface area contributed by atoms with Crippen molar-refractivity contribution in [1.82, 2.24) is 9.80 Å². The summed E-state index contributed by atoms with van der Waals surface area (Å²) in [5.74, 6) is -0.500. The van der Waals surface area contributed by atoms with Crippen molar-refractivity contribution >= 4 is 23.4 Å². The molecule has 0 aliphatic carbocycles. The molecule has 6 nitrogen and oxygen atoms in total. The summed E-state index contributed by atoms with van der Waals surface area (Å²) in [6.45, 7) is 6.79. The fraction of sp³-hybridized carbons (Fsp3) is 0.300. The van der Waals surface area contributed by atoms with Crippen LogP contribution in [0.15, 0.2) is 72.8 Å². The van der Waals surface area contributed by atoms with E-state index in [0.717, 1.165) is 23.1 Å². The number of rotatable bonds is 4. The van der Waals surface area contributed by atoms with Gasteiger partial charge in [-0.15, -0.1) is 0 Å². The zero-order valence-corrected chi connectivity index (χ0v) is 21.0. The van der Waals surface area contributed by atoms with Crippen LogP contribution in [0, 0.1) is 0 Å². The highest BCUT2D eigenvalue weighted by atomic mass is 16.2. The van der Waals surface area contributed by atoms with E-state index < -0.39 is 11.5 Å². The van der Waals surface area contributed by atoms with Gasteiger partial charge in [-0.25, -0.2) is 0 Å². The summed E-state index contributed by atoms with van der Waals surface area (Å²) < 4.78 is 0. The second kappa shape index (κ2) is 9.26. The van der Waals surface area contributed by atoms with Gasteiger partial charge >= 0.3 is 0 Å². The van der Waals surface area contributed by atoms with Gasteiger partial charge in [0.25, 0.3) is 5.91 Å². The molecule has 3 amide bonds. The fourth-order valence-corrected chi connectivity index (χ4v) is 5.12. The largest absolute Gasteiger partial charge is 0.338 e. The van der Waals surface area contributed by atoms with E-state index in [4.69, 9.17) is 0 Å². The first-order valence-electron chi connectivity index (χ1n) is 12.5. The molecule has 1 atom stereocenters. The molecular weight excluding hydrogens is 450 g/mol. The first kappa shape index (κ1) is 23.8. The highest BCUT2D eigenvalue weighted by Gasteiger charge is 2.43. The zero-order chi connectivity index (χ0) is 25.4. The smallest absolute Gasteiger partial charge is 0.256 e. The number of benzene rings is 3. The lowest BCUT2D eigenvalue weighted by Gasteiger charge is -2.42. The van der Waals surface area contributed by atoms with Crippen molar-refractivity contribution < 1.29 is 14.4 Å². The van der Waals surface area contributed by atoms with Crippen LogP contribution in [0.5, 0.6) is 0 Å². The number of anilines is 1. The van der Waals surface area contributed by atoms with Gasteiger partial charge in [0.2, 0.25) is 11.8 Å². The number of hydrogen-bond acceptors (Lipinski definition) is 3. The lowest BCUT2D eigenvalue weighted by atomic mass is 9.83. The van der Waals surface area contributed by atoms with E-state index in [1.165, 1.54) is 5.56 Å². The van der Waals surface area contributed by atoms with Gasteiger partial charge in [-0.3, -0.25) is 14.4 Å². The molecule has 2 aliphatic heterocycles. The Balaban J connectivity index is 1.40. The van der Waals surface area contributed by atoms with Crippen molar-refractivity contribution in [1.29, 1.82) is 0 Å². The third kappa shape index (κ3) is 4.17. The Hall–Kier alpha value is -3.93. The Labute approximate surface area is 211 Å². The Morgan fingerprint density at radius 1 is 0.944 bits per heavy atom. The average molecular weight is 482 g/mol. The number of nitrogens with one attached hydrogen (secondary N) is 1. The predicted octanol–water partition coefficient (Wildman–Crippen LogP) is 4.50. The zero-order valence-electron chi connectivity index (χ0n) is 21.0. The summed E-state index contributed by atoms with van der Waals surface area (Å²) in [7, 11) is 0. The van der Waals surface area contributed by atoms with Crippen molar-refractivity contribution in [2.24, 2.45) is 0 Å². The maximum atomic E-state index is 13.6. The molecule has 184 valence electrons. The molecule has 0 spiro atoms. The second-order valence-corrected chi connectivity index (χ2v) is 10.1. The van der Waals surface area contributed by atoms with E-state index in [2.05, 4.69) is 36.5 Å². The van der Waals surface area contributed by atoms with Crippen molar-refractivity contribution in [3.63, 3.8) is 0 Å². The highest BCUT2D eigenvalue weighted by molar-refractivity contribution is 6.11. The molecule has 1 saturated heterocycles. The quantitative estimate of drug-likeness (QED) is 0.597. The third-order valence-corrected chi connectivity index (χ3v) is 7.46. The van der Waals surface area contributed by atoms with Crippen LogP contribution in [0.1, 0.15) is 42.3 Å². The van der Waals surface area contributed by atoms with Gasteiger partial charge in [0.05, 0.1) is 23.2 Å². The molecule has 36 heavy (non-hydrogen) atoms. The van der Waals surface area contributed by atoms with Gasteiger partial charge < -0.3 is 15.1 Å². The van der Waals surface area contributed by atoms with Gasteiger partial charge in [-0.1, -0.05) is 67.6 Å². The first-order valence-corrected chi connectivity index (χ1v) is 12.5. The van der Waals surface area contributed by atoms with Crippen LogP contribution in [0.3, 0.4) is 0 Å². The van der Waals surface area contributed by atoms with E-state index in [9.17, 15) is 14.4 Å². The van der Waals surface area contributed by atoms with E-state index in [-0.39, 0.29) is 24.3 Å². The second-order valence-electron chi connectivity index (χ2n) is 10.1. The monoisotopic (exact) mass is 481 g/mol. The molecule has 3 aromatic carbocycles. The molecule has 1 fully saturated rings. The molecule has 0 radical (unpaired) electrons. The number of amides is 3. The molecular formula is C30H31N3O3. The Bertz CT molecular complexity index is 1320. The Morgan fingerprint density at radius 3 is 2.33 bits per heavy atom. The van der Waals surface area contributed by atoms with Crippen LogP contribution < -0.4 is 5.32 Å². The normalized spacial score (nSPS) is 17.7. The number of aryl methyl sites for hydroxylation is 1. The van der Waals surface area contributed by atoms with Crippen LogP contribution in [0.2, 0.25) is 0 Å². The number of carbonyl (C=O) groups is 3. The Morgan fingerprint density at radius 2 is 1.64 bits per heavy atom. The van der Waals surface area contributed by atoms with Gasteiger partial charge in [0, 0.05) is 13.1 Å². The lowest BCUT2D eigenvalue weighted by molar-refractivity contribution is -0.140. The van der Waals surface area contributed by atoms with Gasteiger partial charge in [-0.05, 0) is 54.7 Å². The van der Waals surface area contributed by atoms with Crippen LogP contribution in [0.25, 0.3) is 11.1 Å². The molecule has 2 heterocycles. The van der Waals surface area contributed by atoms with Crippen LogP contribution in [-0.2, 0) is 21.4 Å². The van der Waals surface area contributed by atoms with E-state index in [0.29, 0.717) is 24.3 Å². The number of nitrogens with zero attached hydrogens (tertiary/aromatic N) is 2. The number of hydrogen-bond donors (Lipinski definition) is 1. The molecule has 5 rings (SSSR count). The average Bonchev–Trinajstić information content (AvgIpc) is 3.02. The summed E-state index contributed by atoms with van der Waals surface area (Å²) in [5, 5.41) is 2.94. The summed E-state index contributed by atoms with van der Waals surface area (Å²) >= 11 is 0. The number of carbonyl (C=O) groups excluding carboxylic acids is 3. The summed E-state index contributed by atoms with van der Waals surface area (Å²) in [5.41, 5.74) is 4.38. The molecule has 1 unspecified atom stereocenters. The maximum Gasteiger partial charge on any atom is 0.256 e. The minimum Gasteiger partial charge on any atom is -0.338 e. The number of fused-ring (bicyclic) bond motifs is 2.